The van der Waals surface area contributed by atoms with Crippen molar-refractivity contribution in [1.82, 2.24) is 5.32 Å². The minimum Gasteiger partial charge on any atom is -0.466 e. The van der Waals surface area contributed by atoms with Gasteiger partial charge < -0.3 is 45.1 Å². The van der Waals surface area contributed by atoms with Gasteiger partial charge in [-0.15, -0.1) is 0 Å². The van der Waals surface area contributed by atoms with Crippen LogP contribution in [0.25, 0.3) is 0 Å². The third-order valence-electron chi connectivity index (χ3n) is 15.6. The number of aliphatic hydroxyl groups is 5. The van der Waals surface area contributed by atoms with Gasteiger partial charge in [-0.1, -0.05) is 248 Å². The monoisotopic (exact) mass is 1130 g/mol. The second kappa shape index (κ2) is 58.1. The molecular formula is C69H125NO10. The Morgan fingerprint density at radius 2 is 0.825 bits per heavy atom. The minimum atomic E-state index is -1.58. The van der Waals surface area contributed by atoms with E-state index in [0.29, 0.717) is 19.4 Å². The van der Waals surface area contributed by atoms with Crippen molar-refractivity contribution < 1.29 is 49.3 Å². The van der Waals surface area contributed by atoms with Gasteiger partial charge in [0.1, 0.15) is 24.4 Å². The van der Waals surface area contributed by atoms with Gasteiger partial charge in [0, 0.05) is 12.8 Å². The Balaban J connectivity index is 2.05. The van der Waals surface area contributed by atoms with Crippen LogP contribution < -0.4 is 5.32 Å². The van der Waals surface area contributed by atoms with Crippen molar-refractivity contribution in [3.63, 3.8) is 0 Å². The molecule has 1 fully saturated rings. The molecule has 0 saturated carbocycles. The molecule has 0 bridgehead atoms. The van der Waals surface area contributed by atoms with Gasteiger partial charge in [-0.25, -0.2) is 0 Å². The molecule has 466 valence electrons. The molecule has 11 nitrogen and oxygen atoms in total. The topological polar surface area (TPSA) is 175 Å². The maximum atomic E-state index is 13.1. The van der Waals surface area contributed by atoms with Gasteiger partial charge in [0.15, 0.2) is 6.29 Å². The molecule has 1 amide bonds. The zero-order valence-corrected chi connectivity index (χ0v) is 51.5. The van der Waals surface area contributed by atoms with E-state index in [1.165, 1.54) is 199 Å². The summed E-state index contributed by atoms with van der Waals surface area (Å²) in [6, 6.07) is -0.838. The molecule has 0 aromatic carbocycles. The average molecular weight is 1130 g/mol. The number of carbonyl (C=O) groups excluding carboxylic acids is 2. The Morgan fingerprint density at radius 3 is 1.27 bits per heavy atom. The summed E-state index contributed by atoms with van der Waals surface area (Å²) in [6.45, 7) is 4.28. The number of esters is 1. The lowest BCUT2D eigenvalue weighted by atomic mass is 9.99. The molecule has 7 unspecified atom stereocenters. The number of ether oxygens (including phenoxy) is 3. The molecule has 1 aliphatic rings. The van der Waals surface area contributed by atoms with E-state index in [2.05, 4.69) is 67.8 Å². The van der Waals surface area contributed by atoms with Crippen molar-refractivity contribution in [1.29, 1.82) is 0 Å². The maximum Gasteiger partial charge on any atom is 0.305 e. The molecule has 6 N–H and O–H groups in total. The lowest BCUT2D eigenvalue weighted by molar-refractivity contribution is -0.302. The van der Waals surface area contributed by atoms with Crippen molar-refractivity contribution in [3.8, 4) is 0 Å². The van der Waals surface area contributed by atoms with Gasteiger partial charge in [0.25, 0.3) is 0 Å². The van der Waals surface area contributed by atoms with Crippen LogP contribution in [0.2, 0.25) is 0 Å². The van der Waals surface area contributed by atoms with Gasteiger partial charge in [0.2, 0.25) is 5.91 Å². The van der Waals surface area contributed by atoms with Crippen LogP contribution in [0.5, 0.6) is 0 Å². The van der Waals surface area contributed by atoms with E-state index in [9.17, 15) is 35.1 Å². The minimum absolute atomic E-state index is 0.00783. The van der Waals surface area contributed by atoms with E-state index in [4.69, 9.17) is 14.2 Å². The highest BCUT2D eigenvalue weighted by molar-refractivity contribution is 5.76. The predicted octanol–water partition coefficient (Wildman–Crippen LogP) is 16.6. The highest BCUT2D eigenvalue weighted by Crippen LogP contribution is 2.23. The van der Waals surface area contributed by atoms with Gasteiger partial charge in [-0.05, 0) is 103 Å². The molecule has 80 heavy (non-hydrogen) atoms. The quantitative estimate of drug-likeness (QED) is 0.0195. The molecule has 0 spiro atoms. The second-order valence-electron chi connectivity index (χ2n) is 23.1. The van der Waals surface area contributed by atoms with Gasteiger partial charge in [-0.3, -0.25) is 9.59 Å². The number of nitrogens with one attached hydrogen (secondary N) is 1. The van der Waals surface area contributed by atoms with E-state index >= 15 is 0 Å². The summed E-state index contributed by atoms with van der Waals surface area (Å²) in [5.74, 6) is -0.206. The second-order valence-corrected chi connectivity index (χ2v) is 23.1. The molecule has 0 aliphatic carbocycles. The van der Waals surface area contributed by atoms with Crippen molar-refractivity contribution in [3.05, 3.63) is 60.8 Å². The third kappa shape index (κ3) is 46.8. The van der Waals surface area contributed by atoms with E-state index in [-0.39, 0.29) is 18.5 Å². The summed E-state index contributed by atoms with van der Waals surface area (Å²) in [5.41, 5.74) is 0. The molecule has 7 atom stereocenters. The average Bonchev–Trinajstić information content (AvgIpc) is 3.45. The smallest absolute Gasteiger partial charge is 0.305 e. The number of allylic oxidation sites excluding steroid dienone is 9. The molecule has 1 saturated heterocycles. The van der Waals surface area contributed by atoms with Crippen LogP contribution in [0.15, 0.2) is 60.8 Å². The number of aliphatic hydroxyl groups excluding tert-OH is 5. The predicted molar refractivity (Wildman–Crippen MR) is 333 cm³/mol. The fraction of sp³-hybridized carbons (Fsp3) is 0.826. The molecule has 1 heterocycles. The lowest BCUT2D eigenvalue weighted by Gasteiger charge is -2.40. The largest absolute Gasteiger partial charge is 0.466 e. The van der Waals surface area contributed by atoms with Crippen LogP contribution >= 0.6 is 0 Å². The van der Waals surface area contributed by atoms with Crippen molar-refractivity contribution in [2.24, 2.45) is 0 Å². The van der Waals surface area contributed by atoms with Gasteiger partial charge >= 0.3 is 5.97 Å². The Bertz CT molecular complexity index is 1510. The van der Waals surface area contributed by atoms with Gasteiger partial charge in [0.05, 0.1) is 32.0 Å². The highest BCUT2D eigenvalue weighted by Gasteiger charge is 2.44. The molecule has 1 rings (SSSR count). The van der Waals surface area contributed by atoms with Crippen LogP contribution in [0.3, 0.4) is 0 Å². The lowest BCUT2D eigenvalue weighted by Crippen LogP contribution is -2.60. The van der Waals surface area contributed by atoms with E-state index < -0.39 is 49.5 Å². The summed E-state index contributed by atoms with van der Waals surface area (Å²) in [7, 11) is 0. The highest BCUT2D eigenvalue weighted by atomic mass is 16.7. The van der Waals surface area contributed by atoms with Crippen LogP contribution in [0.4, 0.5) is 0 Å². The summed E-state index contributed by atoms with van der Waals surface area (Å²) in [5, 5.41) is 54.5. The normalized spacial score (nSPS) is 18.7. The Hall–Kier alpha value is -2.64. The summed E-state index contributed by atoms with van der Waals surface area (Å²) < 4.78 is 16.7. The zero-order chi connectivity index (χ0) is 58.0. The number of hydrogen-bond donors (Lipinski definition) is 6. The van der Waals surface area contributed by atoms with Crippen molar-refractivity contribution in [2.45, 2.75) is 346 Å². The SMILES string of the molecule is CCCC/C=C\CCCCCCCC(=O)OCCCCCCCCCCCCCC/C=C\CCCCCCCCCCCCC(=O)NC(COC1OC(CO)C(O)C(O)C1O)C(O)/C=C/CC/C=C/CC/C=C/CCCCCCC. The first-order chi connectivity index (χ1) is 39.2. The fourth-order valence-corrected chi connectivity index (χ4v) is 10.2. The Labute approximate surface area is 490 Å². The molecule has 1 aliphatic heterocycles. The van der Waals surface area contributed by atoms with Crippen LogP contribution in [0, 0.1) is 0 Å². The summed E-state index contributed by atoms with van der Waals surface area (Å²) in [4.78, 5) is 25.1. The Morgan fingerprint density at radius 1 is 0.450 bits per heavy atom. The fourth-order valence-electron chi connectivity index (χ4n) is 10.2. The first kappa shape index (κ1) is 75.4. The Kier molecular flexibility index (Phi) is 54.8. The summed E-state index contributed by atoms with van der Waals surface area (Å²) >= 11 is 0. The maximum absolute atomic E-state index is 13.1. The zero-order valence-electron chi connectivity index (χ0n) is 51.5. The molecule has 0 radical (unpaired) electrons. The molecule has 0 aromatic rings. The number of amides is 1. The number of rotatable bonds is 58. The first-order valence-corrected chi connectivity index (χ1v) is 33.6. The van der Waals surface area contributed by atoms with E-state index in [1.54, 1.807) is 6.08 Å². The molecular weight excluding hydrogens is 1000 g/mol. The van der Waals surface area contributed by atoms with Crippen molar-refractivity contribution in [2.75, 3.05) is 19.8 Å². The standard InChI is InChI=1S/C69H125NO10/c1-3-5-7-9-11-13-15-16-29-32-36-39-43-47-51-55-62(72)61(60-79-69-68(77)67(76)66(75)63(59-71)80-69)70-64(73)56-52-48-44-40-37-33-30-27-25-23-21-19-17-18-20-22-24-26-28-31-34-38-42-46-50-54-58-78-65(74)57-53-49-45-41-35-14-12-10-8-6-4-2/h10,12,15-17,19,36,39,51,55,61-63,66-69,71-72,75-77H,3-9,11,13-14,18,20-35,37-38,40-50,52-54,56-60H2,1-2H3,(H,70,73)/b12-10-,16-15+,19-17-,39-36+,55-51+. The van der Waals surface area contributed by atoms with Crippen LogP contribution in [0.1, 0.15) is 303 Å². The van der Waals surface area contributed by atoms with Crippen LogP contribution in [-0.4, -0.2) is 100 Å². The number of carbonyl (C=O) groups is 2. The van der Waals surface area contributed by atoms with E-state index in [0.717, 1.165) is 77.0 Å². The molecule has 0 aromatic heterocycles. The summed E-state index contributed by atoms with van der Waals surface area (Å²) in [6.07, 6.45) is 66.2. The van der Waals surface area contributed by atoms with Gasteiger partial charge in [-0.2, -0.15) is 0 Å². The van der Waals surface area contributed by atoms with Crippen LogP contribution in [-0.2, 0) is 23.8 Å². The van der Waals surface area contributed by atoms with Crippen molar-refractivity contribution >= 4 is 11.9 Å². The van der Waals surface area contributed by atoms with E-state index in [1.807, 2.05) is 6.08 Å². The molecule has 11 heteroatoms. The third-order valence-corrected chi connectivity index (χ3v) is 15.6. The number of hydrogen-bond acceptors (Lipinski definition) is 10. The first-order valence-electron chi connectivity index (χ1n) is 33.6. The number of unbranched alkanes of at least 4 members (excludes halogenated alkanes) is 36.